The molecular weight excluding hydrogens is 456 g/mol. The van der Waals surface area contributed by atoms with Crippen LogP contribution in [0.1, 0.15) is 28.1 Å². The number of fused-ring (bicyclic) bond motifs is 2. The third kappa shape index (κ3) is 4.33. The van der Waals surface area contributed by atoms with Crippen molar-refractivity contribution in [3.63, 3.8) is 0 Å². The van der Waals surface area contributed by atoms with Crippen LogP contribution in [0, 0.1) is 18.8 Å². The first-order valence-electron chi connectivity index (χ1n) is 12.0. The van der Waals surface area contributed by atoms with E-state index >= 15 is 0 Å². The second-order valence-electron chi connectivity index (χ2n) is 8.74. The molecule has 0 aliphatic heterocycles. The standard InChI is InChI=1S/C32H22N4O/c1-22-19-23(12-13-24-7-6-18-33-20-24)14-16-30(22)36-31(35-29-11-5-3-9-27(29)32(36)37)17-15-25-21-34-28-10-4-2-8-26(25)28/h2-11,14-21,34H,1H3. The van der Waals surface area contributed by atoms with E-state index in [1.165, 1.54) is 0 Å². The van der Waals surface area contributed by atoms with Gasteiger partial charge in [0.05, 0.1) is 16.6 Å². The van der Waals surface area contributed by atoms with Gasteiger partial charge in [0.2, 0.25) is 0 Å². The number of para-hydroxylation sites is 2. The lowest BCUT2D eigenvalue weighted by Crippen LogP contribution is -2.23. The summed E-state index contributed by atoms with van der Waals surface area (Å²) < 4.78 is 1.68. The molecular formula is C32H22N4O. The van der Waals surface area contributed by atoms with E-state index in [-0.39, 0.29) is 5.56 Å². The summed E-state index contributed by atoms with van der Waals surface area (Å²) in [7, 11) is 0. The molecule has 5 nitrogen and oxygen atoms in total. The van der Waals surface area contributed by atoms with E-state index in [9.17, 15) is 4.79 Å². The van der Waals surface area contributed by atoms with Gasteiger partial charge in [-0.2, -0.15) is 0 Å². The molecule has 0 fully saturated rings. The third-order valence-corrected chi connectivity index (χ3v) is 6.29. The fraction of sp³-hybridized carbons (Fsp3) is 0.0312. The topological polar surface area (TPSA) is 63.6 Å². The Labute approximate surface area is 213 Å². The number of aromatic nitrogens is 4. The summed E-state index contributed by atoms with van der Waals surface area (Å²) in [6, 6.07) is 25.2. The minimum atomic E-state index is -0.110. The maximum atomic E-state index is 13.7. The Morgan fingerprint density at radius 2 is 1.68 bits per heavy atom. The second-order valence-corrected chi connectivity index (χ2v) is 8.74. The highest BCUT2D eigenvalue weighted by Crippen LogP contribution is 2.22. The second kappa shape index (κ2) is 9.44. The van der Waals surface area contributed by atoms with Crippen molar-refractivity contribution in [2.75, 3.05) is 0 Å². The molecule has 37 heavy (non-hydrogen) atoms. The van der Waals surface area contributed by atoms with Crippen LogP contribution in [0.15, 0.2) is 102 Å². The number of aryl methyl sites for hydroxylation is 1. The molecule has 3 heterocycles. The van der Waals surface area contributed by atoms with Gasteiger partial charge in [-0.3, -0.25) is 14.3 Å². The molecule has 0 unspecified atom stereocenters. The predicted octanol–water partition coefficient (Wildman–Crippen LogP) is 6.14. The first-order valence-corrected chi connectivity index (χ1v) is 12.0. The Kier molecular flexibility index (Phi) is 5.68. The number of hydrogen-bond acceptors (Lipinski definition) is 3. The van der Waals surface area contributed by atoms with Crippen molar-refractivity contribution >= 4 is 34.0 Å². The van der Waals surface area contributed by atoms with Crippen molar-refractivity contribution in [1.82, 2.24) is 19.5 Å². The van der Waals surface area contributed by atoms with Gasteiger partial charge in [-0.05, 0) is 78.7 Å². The quantitative estimate of drug-likeness (QED) is 0.311. The molecule has 0 amide bonds. The van der Waals surface area contributed by atoms with Gasteiger partial charge in [-0.1, -0.05) is 42.2 Å². The molecule has 0 atom stereocenters. The summed E-state index contributed by atoms with van der Waals surface area (Å²) in [5.74, 6) is 6.89. The van der Waals surface area contributed by atoms with E-state index in [4.69, 9.17) is 4.98 Å². The minimum Gasteiger partial charge on any atom is -0.361 e. The van der Waals surface area contributed by atoms with Gasteiger partial charge >= 0.3 is 0 Å². The summed E-state index contributed by atoms with van der Waals surface area (Å²) in [6.07, 6.45) is 9.32. The first kappa shape index (κ1) is 22.3. The van der Waals surface area contributed by atoms with E-state index in [1.807, 2.05) is 98.1 Å². The SMILES string of the molecule is Cc1cc(C#Cc2cccnc2)ccc1-n1c(C=Cc2c[nH]c3ccccc23)nc2ccccc2c1=O. The Hall–Kier alpha value is -5.21. The first-order chi connectivity index (χ1) is 18.2. The molecule has 6 aromatic rings. The lowest BCUT2D eigenvalue weighted by molar-refractivity contribution is 0.934. The number of hydrogen-bond donors (Lipinski definition) is 1. The zero-order valence-electron chi connectivity index (χ0n) is 20.1. The maximum absolute atomic E-state index is 13.7. The van der Waals surface area contributed by atoms with Crippen LogP contribution < -0.4 is 5.56 Å². The van der Waals surface area contributed by atoms with E-state index in [0.29, 0.717) is 16.7 Å². The molecule has 0 radical (unpaired) electrons. The fourth-order valence-corrected chi connectivity index (χ4v) is 4.46. The molecule has 6 rings (SSSR count). The molecule has 0 aliphatic rings. The largest absolute Gasteiger partial charge is 0.361 e. The van der Waals surface area contributed by atoms with Crippen LogP contribution in [0.5, 0.6) is 0 Å². The van der Waals surface area contributed by atoms with Crippen molar-refractivity contribution < 1.29 is 0 Å². The van der Waals surface area contributed by atoms with Gasteiger partial charge in [-0.15, -0.1) is 0 Å². The molecule has 3 aromatic carbocycles. The van der Waals surface area contributed by atoms with Crippen molar-refractivity contribution in [3.8, 4) is 17.5 Å². The van der Waals surface area contributed by atoms with Gasteiger partial charge in [0, 0.05) is 40.6 Å². The molecule has 5 heteroatoms. The highest BCUT2D eigenvalue weighted by atomic mass is 16.1. The molecule has 0 saturated carbocycles. The molecule has 176 valence electrons. The van der Waals surface area contributed by atoms with Crippen LogP contribution >= 0.6 is 0 Å². The summed E-state index contributed by atoms with van der Waals surface area (Å²) in [5, 5.41) is 1.69. The van der Waals surface area contributed by atoms with Crippen molar-refractivity contribution in [1.29, 1.82) is 0 Å². The van der Waals surface area contributed by atoms with Crippen LogP contribution in [0.2, 0.25) is 0 Å². The van der Waals surface area contributed by atoms with E-state index in [0.717, 1.165) is 38.8 Å². The van der Waals surface area contributed by atoms with Gasteiger partial charge in [-0.25, -0.2) is 4.98 Å². The Morgan fingerprint density at radius 3 is 2.51 bits per heavy atom. The zero-order valence-corrected chi connectivity index (χ0v) is 20.1. The lowest BCUT2D eigenvalue weighted by atomic mass is 10.1. The number of benzene rings is 3. The number of H-pyrrole nitrogens is 1. The summed E-state index contributed by atoms with van der Waals surface area (Å²) in [5.41, 5.74) is 6.06. The Morgan fingerprint density at radius 1 is 0.865 bits per heavy atom. The summed E-state index contributed by atoms with van der Waals surface area (Å²) in [6.45, 7) is 1.99. The van der Waals surface area contributed by atoms with Gasteiger partial charge in [0.1, 0.15) is 5.82 Å². The van der Waals surface area contributed by atoms with Crippen LogP contribution in [-0.4, -0.2) is 19.5 Å². The smallest absolute Gasteiger partial charge is 0.266 e. The third-order valence-electron chi connectivity index (χ3n) is 6.29. The molecule has 0 saturated heterocycles. The van der Waals surface area contributed by atoms with Crippen molar-refractivity contribution in [3.05, 3.63) is 136 Å². The van der Waals surface area contributed by atoms with Gasteiger partial charge in [0.15, 0.2) is 0 Å². The zero-order chi connectivity index (χ0) is 25.2. The predicted molar refractivity (Wildman–Crippen MR) is 150 cm³/mol. The van der Waals surface area contributed by atoms with Gasteiger partial charge in [0.25, 0.3) is 5.56 Å². The monoisotopic (exact) mass is 478 g/mol. The Bertz CT molecular complexity index is 1920. The minimum absolute atomic E-state index is 0.110. The molecule has 0 bridgehead atoms. The van der Waals surface area contributed by atoms with Crippen LogP contribution in [0.3, 0.4) is 0 Å². The number of pyridine rings is 1. The molecule has 3 aromatic heterocycles. The van der Waals surface area contributed by atoms with Crippen molar-refractivity contribution in [2.24, 2.45) is 0 Å². The summed E-state index contributed by atoms with van der Waals surface area (Å²) >= 11 is 0. The number of rotatable bonds is 3. The normalized spacial score (nSPS) is 11.2. The average molecular weight is 479 g/mol. The van der Waals surface area contributed by atoms with E-state index < -0.39 is 0 Å². The highest BCUT2D eigenvalue weighted by Gasteiger charge is 2.13. The summed E-state index contributed by atoms with van der Waals surface area (Å²) in [4.78, 5) is 26.0. The molecule has 0 aliphatic carbocycles. The number of nitrogens with one attached hydrogen (secondary N) is 1. The lowest BCUT2D eigenvalue weighted by Gasteiger charge is -2.14. The fourth-order valence-electron chi connectivity index (χ4n) is 4.46. The molecule has 1 N–H and O–H groups in total. The van der Waals surface area contributed by atoms with E-state index in [2.05, 4.69) is 27.9 Å². The van der Waals surface area contributed by atoms with Crippen LogP contribution in [0.25, 0.3) is 39.6 Å². The maximum Gasteiger partial charge on any atom is 0.266 e. The number of aromatic amines is 1. The van der Waals surface area contributed by atoms with Crippen LogP contribution in [-0.2, 0) is 0 Å². The number of nitrogens with zero attached hydrogens (tertiary/aromatic N) is 3. The highest BCUT2D eigenvalue weighted by molar-refractivity contribution is 5.91. The molecule has 0 spiro atoms. The Balaban J connectivity index is 1.47. The van der Waals surface area contributed by atoms with Gasteiger partial charge < -0.3 is 4.98 Å². The van der Waals surface area contributed by atoms with Crippen molar-refractivity contribution in [2.45, 2.75) is 6.92 Å². The average Bonchev–Trinajstić information content (AvgIpc) is 3.35. The van der Waals surface area contributed by atoms with Crippen LogP contribution in [0.4, 0.5) is 0 Å². The van der Waals surface area contributed by atoms with E-state index in [1.54, 1.807) is 17.0 Å².